The van der Waals surface area contributed by atoms with Crippen molar-refractivity contribution in [3.05, 3.63) is 66.1 Å². The van der Waals surface area contributed by atoms with E-state index in [2.05, 4.69) is 35.1 Å². The van der Waals surface area contributed by atoms with Crippen molar-refractivity contribution in [2.75, 3.05) is 31.7 Å². The number of hydrogen-bond donors (Lipinski definition) is 2. The number of nitrogens with zero attached hydrogens (tertiary/aromatic N) is 5. The second-order valence-electron chi connectivity index (χ2n) is 8.45. The molecule has 2 fully saturated rings. The zero-order chi connectivity index (χ0) is 21.7. The minimum Gasteiger partial charge on any atom is -0.380 e. The van der Waals surface area contributed by atoms with Gasteiger partial charge in [0, 0.05) is 49.2 Å². The van der Waals surface area contributed by atoms with Crippen molar-refractivity contribution >= 4 is 28.3 Å². The highest BCUT2D eigenvalue weighted by molar-refractivity contribution is 5.93. The fourth-order valence-corrected chi connectivity index (χ4v) is 4.53. The summed E-state index contributed by atoms with van der Waals surface area (Å²) in [4.78, 5) is 27.2. The highest BCUT2D eigenvalue weighted by atomic mass is 19.1. The molecule has 2 saturated heterocycles. The molecule has 1 aromatic carbocycles. The fraction of sp³-hybridized carbons (Fsp3) is 0.273. The second-order valence-corrected chi connectivity index (χ2v) is 8.45. The summed E-state index contributed by atoms with van der Waals surface area (Å²) in [6.45, 7) is 4.46. The van der Waals surface area contributed by atoms with Crippen molar-refractivity contribution in [3.8, 4) is 0 Å². The fourth-order valence-electron chi connectivity index (χ4n) is 4.53. The lowest BCUT2D eigenvalue weighted by Crippen LogP contribution is -2.65. The first-order valence-electron chi connectivity index (χ1n) is 10.3. The van der Waals surface area contributed by atoms with E-state index in [1.165, 1.54) is 30.7 Å². The molecule has 0 atom stereocenters. The predicted molar refractivity (Wildman–Crippen MR) is 114 cm³/mol. The molecule has 1 amide bonds. The van der Waals surface area contributed by atoms with E-state index in [4.69, 9.17) is 4.74 Å². The van der Waals surface area contributed by atoms with Crippen molar-refractivity contribution in [2.24, 2.45) is 5.41 Å². The van der Waals surface area contributed by atoms with E-state index in [-0.39, 0.29) is 11.5 Å². The van der Waals surface area contributed by atoms with E-state index in [0.717, 1.165) is 49.6 Å². The Kier molecular flexibility index (Phi) is 4.30. The maximum absolute atomic E-state index is 14.0. The lowest BCUT2D eigenvalue weighted by Gasteiger charge is -2.55. The number of carbonyl (C=O) groups is 1. The van der Waals surface area contributed by atoms with Gasteiger partial charge in [-0.15, -0.1) is 0 Å². The van der Waals surface area contributed by atoms with E-state index >= 15 is 0 Å². The van der Waals surface area contributed by atoms with Crippen molar-refractivity contribution in [1.82, 2.24) is 29.7 Å². The number of hydrazine groups is 1. The van der Waals surface area contributed by atoms with E-state index in [1.807, 2.05) is 12.1 Å². The maximum Gasteiger partial charge on any atom is 0.289 e. The van der Waals surface area contributed by atoms with Crippen molar-refractivity contribution in [2.45, 2.75) is 6.54 Å². The Hall–Kier alpha value is -3.63. The molecule has 162 valence electrons. The Balaban J connectivity index is 1.33. The highest BCUT2D eigenvalue weighted by Gasteiger charge is 2.48. The van der Waals surface area contributed by atoms with Gasteiger partial charge in [-0.3, -0.25) is 25.5 Å². The van der Waals surface area contributed by atoms with Gasteiger partial charge < -0.3 is 9.14 Å². The standard InChI is InChI=1S/C22H20FN7O2/c23-14-1-3-18-16(7-14)26-20(27-28-21(31)17-8-24-5-6-25-17)19-4-2-15(30(18)19)9-29-10-22(11-29)12-32-13-22/h1-8H,9-13H2,(H,26,27)(H,28,31). The number of carbonyl (C=O) groups excluding carboxylic acids is 1. The Labute approximate surface area is 182 Å². The number of ether oxygens (including phenoxy) is 1. The van der Waals surface area contributed by atoms with Crippen LogP contribution in [0.5, 0.6) is 0 Å². The van der Waals surface area contributed by atoms with Crippen LogP contribution in [0, 0.1) is 11.2 Å². The van der Waals surface area contributed by atoms with Crippen LogP contribution >= 0.6 is 0 Å². The number of anilines is 1. The second kappa shape index (κ2) is 7.21. The third kappa shape index (κ3) is 3.15. The molecule has 3 aromatic heterocycles. The van der Waals surface area contributed by atoms with Gasteiger partial charge in [-0.25, -0.2) is 14.4 Å². The first-order chi connectivity index (χ1) is 15.6. The third-order valence-electron chi connectivity index (χ3n) is 6.03. The zero-order valence-corrected chi connectivity index (χ0v) is 17.1. The number of benzene rings is 1. The Morgan fingerprint density at radius 2 is 2.00 bits per heavy atom. The molecule has 2 aliphatic heterocycles. The van der Waals surface area contributed by atoms with Crippen LogP contribution in [-0.4, -0.2) is 56.5 Å². The summed E-state index contributed by atoms with van der Waals surface area (Å²) in [6.07, 6.45) is 4.31. The summed E-state index contributed by atoms with van der Waals surface area (Å²) in [5, 5.41) is 0. The summed E-state index contributed by atoms with van der Waals surface area (Å²) in [5.41, 5.74) is 9.10. The van der Waals surface area contributed by atoms with E-state index in [9.17, 15) is 9.18 Å². The molecule has 1 spiro atoms. The molecular weight excluding hydrogens is 413 g/mol. The van der Waals surface area contributed by atoms with Gasteiger partial charge in [-0.1, -0.05) is 0 Å². The van der Waals surface area contributed by atoms with Gasteiger partial charge >= 0.3 is 0 Å². The molecule has 0 aliphatic carbocycles. The number of hydrogen-bond acceptors (Lipinski definition) is 7. The normalized spacial score (nSPS) is 17.3. The van der Waals surface area contributed by atoms with E-state index < -0.39 is 5.91 Å². The largest absolute Gasteiger partial charge is 0.380 e. The number of fused-ring (bicyclic) bond motifs is 3. The lowest BCUT2D eigenvalue weighted by molar-refractivity contribution is -0.191. The van der Waals surface area contributed by atoms with Gasteiger partial charge in [0.05, 0.1) is 36.0 Å². The third-order valence-corrected chi connectivity index (χ3v) is 6.03. The number of amides is 1. The molecule has 5 heterocycles. The zero-order valence-electron chi connectivity index (χ0n) is 17.1. The van der Waals surface area contributed by atoms with Crippen LogP contribution in [0.2, 0.25) is 0 Å². The van der Waals surface area contributed by atoms with E-state index in [0.29, 0.717) is 16.7 Å². The molecule has 10 heteroatoms. The van der Waals surface area contributed by atoms with Gasteiger partial charge in [-0.05, 0) is 24.3 Å². The van der Waals surface area contributed by atoms with Crippen LogP contribution in [0.15, 0.2) is 48.9 Å². The monoisotopic (exact) mass is 433 g/mol. The molecule has 4 aromatic rings. The summed E-state index contributed by atoms with van der Waals surface area (Å²) in [5.74, 6) is -0.404. The van der Waals surface area contributed by atoms with Crippen LogP contribution in [-0.2, 0) is 11.3 Å². The topological polar surface area (TPSA) is 96.7 Å². The Bertz CT molecular complexity index is 1330. The molecule has 6 rings (SSSR count). The molecule has 2 N–H and O–H groups in total. The van der Waals surface area contributed by atoms with E-state index in [1.54, 1.807) is 6.07 Å². The molecule has 0 radical (unpaired) electrons. The van der Waals surface area contributed by atoms with Crippen LogP contribution in [0.1, 0.15) is 16.2 Å². The molecule has 0 saturated carbocycles. The first-order valence-corrected chi connectivity index (χ1v) is 10.3. The predicted octanol–water partition coefficient (Wildman–Crippen LogP) is 2.01. The van der Waals surface area contributed by atoms with Crippen LogP contribution in [0.3, 0.4) is 0 Å². The summed E-state index contributed by atoms with van der Waals surface area (Å²) < 4.78 is 21.4. The Morgan fingerprint density at radius 3 is 2.75 bits per heavy atom. The highest BCUT2D eigenvalue weighted by Crippen LogP contribution is 2.38. The van der Waals surface area contributed by atoms with Gasteiger partial charge in [0.15, 0.2) is 5.82 Å². The average Bonchev–Trinajstić information content (AvgIpc) is 3.17. The van der Waals surface area contributed by atoms with Crippen molar-refractivity contribution in [1.29, 1.82) is 0 Å². The minimum absolute atomic E-state index is 0.172. The van der Waals surface area contributed by atoms with Gasteiger partial charge in [0.2, 0.25) is 0 Å². The summed E-state index contributed by atoms with van der Waals surface area (Å²) >= 11 is 0. The first kappa shape index (κ1) is 19.1. The van der Waals surface area contributed by atoms with Crippen LogP contribution < -0.4 is 10.9 Å². The molecular formula is C22H20FN7O2. The quantitative estimate of drug-likeness (QED) is 0.465. The van der Waals surface area contributed by atoms with Gasteiger partial charge in [0.25, 0.3) is 5.91 Å². The average molecular weight is 433 g/mol. The minimum atomic E-state index is -0.447. The van der Waals surface area contributed by atoms with Crippen LogP contribution in [0.25, 0.3) is 16.6 Å². The molecule has 0 unspecified atom stereocenters. The summed E-state index contributed by atoms with van der Waals surface area (Å²) in [6, 6.07) is 8.54. The molecule has 9 nitrogen and oxygen atoms in total. The number of aromatic nitrogens is 4. The lowest BCUT2D eigenvalue weighted by atomic mass is 9.78. The molecule has 0 bridgehead atoms. The SMILES string of the molecule is O=C(NNc1nc2cc(F)ccc2n2c(CN3CC4(COC4)C3)ccc12)c1cnccn1. The smallest absolute Gasteiger partial charge is 0.289 e. The number of halogens is 1. The van der Waals surface area contributed by atoms with Gasteiger partial charge in [-0.2, -0.15) is 0 Å². The molecule has 2 aliphatic rings. The number of nitrogens with one attached hydrogen (secondary N) is 2. The molecule has 32 heavy (non-hydrogen) atoms. The van der Waals surface area contributed by atoms with Crippen molar-refractivity contribution < 1.29 is 13.9 Å². The number of rotatable bonds is 5. The Morgan fingerprint density at radius 1 is 1.16 bits per heavy atom. The summed E-state index contributed by atoms with van der Waals surface area (Å²) in [7, 11) is 0. The number of likely N-dealkylation sites (tertiary alicyclic amines) is 1. The van der Waals surface area contributed by atoms with Gasteiger partial charge in [0.1, 0.15) is 11.5 Å². The van der Waals surface area contributed by atoms with Crippen LogP contribution in [0.4, 0.5) is 10.2 Å². The van der Waals surface area contributed by atoms with Crippen molar-refractivity contribution in [3.63, 3.8) is 0 Å². The maximum atomic E-state index is 14.0.